The van der Waals surface area contributed by atoms with Crippen LogP contribution < -0.4 is 4.84 Å². The highest BCUT2D eigenvalue weighted by Gasteiger charge is 2.27. The monoisotopic (exact) mass is 384 g/mol. The number of non-ortho nitro benzene ring substituents is 1. The Labute approximate surface area is 152 Å². The van der Waals surface area contributed by atoms with Gasteiger partial charge >= 0.3 is 11.8 Å². The van der Waals surface area contributed by atoms with Gasteiger partial charge in [-0.2, -0.15) is 0 Å². The summed E-state index contributed by atoms with van der Waals surface area (Å²) < 4.78 is 4.86. The molecule has 27 heavy (non-hydrogen) atoms. The lowest BCUT2D eigenvalue weighted by Crippen LogP contribution is -2.50. The normalized spacial score (nSPS) is 14.6. The van der Waals surface area contributed by atoms with E-state index in [4.69, 9.17) is 9.57 Å². The van der Waals surface area contributed by atoms with Gasteiger partial charge in [-0.3, -0.25) is 25.1 Å². The molecule has 146 valence electrons. The Morgan fingerprint density at radius 2 is 1.81 bits per heavy atom. The van der Waals surface area contributed by atoms with E-state index in [1.807, 2.05) is 0 Å². The Balaban J connectivity index is 2.05. The van der Waals surface area contributed by atoms with E-state index in [0.717, 1.165) is 18.2 Å². The minimum absolute atomic E-state index is 0.0745. The van der Waals surface area contributed by atoms with Gasteiger partial charge in [-0.1, -0.05) is 0 Å². The summed E-state index contributed by atoms with van der Waals surface area (Å²) in [6, 6.07) is 2.62. The zero-order valence-electron chi connectivity index (χ0n) is 14.2. The predicted octanol–water partition coefficient (Wildman–Crippen LogP) is 1.45. The molecule has 1 fully saturated rings. The molecule has 0 saturated carbocycles. The lowest BCUT2D eigenvalue weighted by molar-refractivity contribution is -0.708. The highest BCUT2D eigenvalue weighted by Crippen LogP contribution is 2.31. The molecule has 1 amide bonds. The number of hydrogen-bond acceptors (Lipinski definition) is 9. The highest BCUT2D eigenvalue weighted by molar-refractivity contribution is 5.67. The molecule has 14 nitrogen and oxygen atoms in total. The van der Waals surface area contributed by atoms with E-state index >= 15 is 0 Å². The van der Waals surface area contributed by atoms with Crippen molar-refractivity contribution in [1.82, 2.24) is 9.91 Å². The first-order valence-corrected chi connectivity index (χ1v) is 7.78. The Morgan fingerprint density at radius 1 is 1.15 bits per heavy atom. The number of piperazine rings is 1. The number of amides is 1. The van der Waals surface area contributed by atoms with Gasteiger partial charge in [-0.05, 0) is 6.92 Å². The number of hydrogen-bond donors (Lipinski definition) is 0. The Bertz CT molecular complexity index is 761. The summed E-state index contributed by atoms with van der Waals surface area (Å²) in [5.74, 6) is -0.541. The van der Waals surface area contributed by atoms with Crippen molar-refractivity contribution in [2.75, 3.05) is 32.8 Å². The number of hydrazine groups is 1. The molecule has 2 rings (SSSR count). The number of carbonyl (C=O) groups excluding carboxylic acids is 1. The van der Waals surface area contributed by atoms with Crippen LogP contribution in [0.4, 0.5) is 16.2 Å². The standard InChI is InChI=1S/C13H16N6O8/c1-2-26-13(20)15-5-7-16(8-6-15)19(25)14-27-12-9-10(17(21)22)3-4-11(12)18(23)24/h3-4,9H,2,5-8H2,1H3. The number of nitro groups is 2. The third kappa shape index (κ3) is 4.90. The molecule has 0 aliphatic carbocycles. The maximum absolute atomic E-state index is 12.0. The van der Waals surface area contributed by atoms with Crippen molar-refractivity contribution in [3.8, 4) is 5.75 Å². The fourth-order valence-corrected chi connectivity index (χ4v) is 2.24. The molecule has 0 radical (unpaired) electrons. The van der Waals surface area contributed by atoms with E-state index in [1.165, 1.54) is 9.91 Å². The summed E-state index contributed by atoms with van der Waals surface area (Å²) >= 11 is 0. The molecule has 1 aromatic rings. The highest BCUT2D eigenvalue weighted by atomic mass is 16.7. The van der Waals surface area contributed by atoms with Crippen LogP contribution in [0.25, 0.3) is 0 Å². The Morgan fingerprint density at radius 3 is 2.37 bits per heavy atom. The molecule has 0 aromatic heterocycles. The SMILES string of the molecule is CCOC(=O)N1CCN([N+]([O-])=NOc2cc([N+](=O)[O-])ccc2[N+](=O)[O-])CC1. The quantitative estimate of drug-likeness (QED) is 0.305. The molecule has 14 heteroatoms. The molecule has 0 spiro atoms. The second-order valence-corrected chi connectivity index (χ2v) is 5.23. The number of nitrogens with zero attached hydrogens (tertiary/aromatic N) is 6. The first kappa shape index (κ1) is 19.6. The maximum atomic E-state index is 12.0. The van der Waals surface area contributed by atoms with Gasteiger partial charge in [0.05, 0.1) is 40.6 Å². The molecule has 0 bridgehead atoms. The average molecular weight is 384 g/mol. The summed E-state index contributed by atoms with van der Waals surface area (Å²) in [6.07, 6.45) is -0.491. The van der Waals surface area contributed by atoms with Crippen molar-refractivity contribution in [2.24, 2.45) is 5.28 Å². The van der Waals surface area contributed by atoms with Crippen LogP contribution >= 0.6 is 0 Å². The van der Waals surface area contributed by atoms with E-state index in [9.17, 15) is 30.2 Å². The molecule has 0 unspecified atom stereocenters. The van der Waals surface area contributed by atoms with Crippen molar-refractivity contribution in [3.63, 3.8) is 0 Å². The molecular weight excluding hydrogens is 368 g/mol. The average Bonchev–Trinajstić information content (AvgIpc) is 2.66. The van der Waals surface area contributed by atoms with Crippen molar-refractivity contribution < 1.29 is 29.2 Å². The van der Waals surface area contributed by atoms with Gasteiger partial charge in [0.15, 0.2) is 0 Å². The molecule has 1 aliphatic rings. The Kier molecular flexibility index (Phi) is 6.24. The van der Waals surface area contributed by atoms with Crippen LogP contribution in [0.2, 0.25) is 0 Å². The van der Waals surface area contributed by atoms with Gasteiger partial charge in [0.1, 0.15) is 0 Å². The fraction of sp³-hybridized carbons (Fsp3) is 0.462. The summed E-state index contributed by atoms with van der Waals surface area (Å²) in [5, 5.41) is 38.1. The smallest absolute Gasteiger partial charge is 0.409 e. The van der Waals surface area contributed by atoms with Crippen LogP contribution in [0.15, 0.2) is 23.5 Å². The topological polar surface area (TPSA) is 167 Å². The molecule has 1 heterocycles. The molecule has 0 atom stereocenters. The third-order valence-electron chi connectivity index (χ3n) is 3.58. The predicted molar refractivity (Wildman–Crippen MR) is 86.6 cm³/mol. The van der Waals surface area contributed by atoms with E-state index < -0.39 is 33.1 Å². The minimum atomic E-state index is -0.818. The lowest BCUT2D eigenvalue weighted by atomic mass is 10.2. The van der Waals surface area contributed by atoms with Crippen molar-refractivity contribution in [1.29, 1.82) is 0 Å². The van der Waals surface area contributed by atoms with Crippen LogP contribution in [-0.4, -0.2) is 63.6 Å². The second kappa shape index (κ2) is 8.59. The number of carbonyl (C=O) groups is 1. The second-order valence-electron chi connectivity index (χ2n) is 5.23. The molecular formula is C13H16N6O8. The van der Waals surface area contributed by atoms with Crippen LogP contribution in [0.5, 0.6) is 5.75 Å². The first-order valence-electron chi connectivity index (χ1n) is 7.78. The molecule has 0 N–H and O–H groups in total. The number of rotatable bonds is 6. The third-order valence-corrected chi connectivity index (χ3v) is 3.58. The van der Waals surface area contributed by atoms with E-state index in [-0.39, 0.29) is 37.8 Å². The number of benzene rings is 1. The van der Waals surface area contributed by atoms with E-state index in [2.05, 4.69) is 5.28 Å². The lowest BCUT2D eigenvalue weighted by Gasteiger charge is -2.30. The van der Waals surface area contributed by atoms with Crippen LogP contribution in [0.3, 0.4) is 0 Å². The number of ether oxygens (including phenoxy) is 1. The molecule has 1 aliphatic heterocycles. The van der Waals surface area contributed by atoms with Gasteiger partial charge < -0.3 is 14.8 Å². The van der Waals surface area contributed by atoms with Crippen LogP contribution in [-0.2, 0) is 4.74 Å². The van der Waals surface area contributed by atoms with E-state index in [1.54, 1.807) is 6.92 Å². The fourth-order valence-electron chi connectivity index (χ4n) is 2.24. The Hall–Kier alpha value is -3.71. The summed E-state index contributed by atoms with van der Waals surface area (Å²) in [6.45, 7) is 2.60. The van der Waals surface area contributed by atoms with Gasteiger partial charge in [0, 0.05) is 25.2 Å². The summed E-state index contributed by atoms with van der Waals surface area (Å²) in [7, 11) is 0. The zero-order valence-corrected chi connectivity index (χ0v) is 14.2. The molecule has 1 saturated heterocycles. The number of nitro benzene ring substituents is 2. The minimum Gasteiger partial charge on any atom is -0.569 e. The van der Waals surface area contributed by atoms with E-state index in [0.29, 0.717) is 0 Å². The summed E-state index contributed by atoms with van der Waals surface area (Å²) in [5.41, 5.74) is -1.03. The first-order chi connectivity index (χ1) is 12.8. The van der Waals surface area contributed by atoms with Crippen molar-refractivity contribution >= 4 is 17.5 Å². The maximum Gasteiger partial charge on any atom is 0.409 e. The van der Waals surface area contributed by atoms with Crippen LogP contribution in [0.1, 0.15) is 6.92 Å². The van der Waals surface area contributed by atoms with Gasteiger partial charge in [-0.25, -0.2) is 4.79 Å². The zero-order chi connectivity index (χ0) is 20.0. The molecule has 1 aromatic carbocycles. The van der Waals surface area contributed by atoms with Gasteiger partial charge in [-0.15, -0.1) is 5.01 Å². The van der Waals surface area contributed by atoms with Gasteiger partial charge in [0.2, 0.25) is 11.0 Å². The summed E-state index contributed by atoms with van der Waals surface area (Å²) in [4.78, 5) is 38.0. The van der Waals surface area contributed by atoms with Crippen molar-refractivity contribution in [3.05, 3.63) is 43.6 Å². The van der Waals surface area contributed by atoms with Gasteiger partial charge in [0.25, 0.3) is 5.69 Å². The van der Waals surface area contributed by atoms with Crippen molar-refractivity contribution in [2.45, 2.75) is 6.92 Å². The van der Waals surface area contributed by atoms with Crippen LogP contribution in [0, 0.1) is 25.4 Å². The largest absolute Gasteiger partial charge is 0.569 e.